The van der Waals surface area contributed by atoms with Gasteiger partial charge in [0.15, 0.2) is 11.9 Å². The zero-order valence-corrected chi connectivity index (χ0v) is 13.4. The molecule has 2 fully saturated rings. The fourth-order valence-corrected chi connectivity index (χ4v) is 3.87. The summed E-state index contributed by atoms with van der Waals surface area (Å²) in [7, 11) is 0. The Morgan fingerprint density at radius 2 is 2.04 bits per heavy atom. The Balaban J connectivity index is 1.56. The lowest BCUT2D eigenvalue weighted by atomic mass is 10.2. The first-order valence-electron chi connectivity index (χ1n) is 8.76. The fraction of sp³-hybridized carbons (Fsp3) is 0.812. The molecule has 7 nitrogen and oxygen atoms in total. The van der Waals surface area contributed by atoms with Gasteiger partial charge in [-0.05, 0) is 25.7 Å². The topological polar surface area (TPSA) is 69.5 Å². The molecule has 3 aliphatic rings. The molecule has 0 aromatic carbocycles. The van der Waals surface area contributed by atoms with Gasteiger partial charge in [-0.15, -0.1) is 10.2 Å². The lowest BCUT2D eigenvalue weighted by molar-refractivity contribution is -0.159. The van der Waals surface area contributed by atoms with Crippen LogP contribution in [0.5, 0.6) is 0 Å². The van der Waals surface area contributed by atoms with Gasteiger partial charge in [-0.1, -0.05) is 6.42 Å². The van der Waals surface area contributed by atoms with E-state index in [1.54, 1.807) is 0 Å². The maximum absolute atomic E-state index is 12.8. The van der Waals surface area contributed by atoms with Crippen LogP contribution in [0.25, 0.3) is 0 Å². The number of aromatic nitrogens is 3. The van der Waals surface area contributed by atoms with Crippen molar-refractivity contribution >= 4 is 5.91 Å². The molecule has 0 N–H and O–H groups in total. The second-order valence-electron chi connectivity index (χ2n) is 6.56. The van der Waals surface area contributed by atoms with Crippen molar-refractivity contribution in [3.8, 4) is 0 Å². The molecule has 1 amide bonds. The molecule has 4 rings (SSSR count). The normalized spacial score (nSPS) is 28.4. The summed E-state index contributed by atoms with van der Waals surface area (Å²) in [6.45, 7) is 3.17. The Labute approximate surface area is 135 Å². The Kier molecular flexibility index (Phi) is 4.31. The number of amides is 1. The minimum absolute atomic E-state index is 0.0346. The molecule has 0 bridgehead atoms. The van der Waals surface area contributed by atoms with E-state index in [0.29, 0.717) is 19.8 Å². The average molecular weight is 320 g/mol. The predicted octanol–water partition coefficient (Wildman–Crippen LogP) is 1.08. The summed E-state index contributed by atoms with van der Waals surface area (Å²) in [5.74, 6) is 2.08. The molecule has 0 spiro atoms. The molecular formula is C16H24N4O3. The van der Waals surface area contributed by atoms with Crippen LogP contribution in [0, 0.1) is 0 Å². The predicted molar refractivity (Wildman–Crippen MR) is 81.8 cm³/mol. The SMILES string of the molecule is O=C([C@@H]1COCCO1)N1CCC[C@@H]1c1nnc2n1CCCCC2. The minimum Gasteiger partial charge on any atom is -0.376 e. The van der Waals surface area contributed by atoms with Crippen LogP contribution < -0.4 is 0 Å². The summed E-state index contributed by atoms with van der Waals surface area (Å²) in [6, 6.07) is 0.0346. The van der Waals surface area contributed by atoms with Crippen molar-refractivity contribution in [2.75, 3.05) is 26.4 Å². The summed E-state index contributed by atoms with van der Waals surface area (Å²) in [5, 5.41) is 8.83. The van der Waals surface area contributed by atoms with Gasteiger partial charge < -0.3 is 18.9 Å². The molecule has 7 heteroatoms. The molecule has 2 saturated heterocycles. The number of rotatable bonds is 2. The molecule has 23 heavy (non-hydrogen) atoms. The van der Waals surface area contributed by atoms with E-state index >= 15 is 0 Å². The van der Waals surface area contributed by atoms with Crippen LogP contribution in [0.4, 0.5) is 0 Å². The van der Waals surface area contributed by atoms with E-state index < -0.39 is 6.10 Å². The van der Waals surface area contributed by atoms with E-state index in [1.807, 2.05) is 4.90 Å². The number of carbonyl (C=O) groups is 1. The second kappa shape index (κ2) is 6.57. The van der Waals surface area contributed by atoms with Crippen molar-refractivity contribution in [1.29, 1.82) is 0 Å². The van der Waals surface area contributed by atoms with Crippen molar-refractivity contribution in [2.45, 2.75) is 57.2 Å². The van der Waals surface area contributed by atoms with Crippen LogP contribution in [0.2, 0.25) is 0 Å². The molecule has 4 heterocycles. The second-order valence-corrected chi connectivity index (χ2v) is 6.56. The summed E-state index contributed by atoms with van der Waals surface area (Å²) >= 11 is 0. The van der Waals surface area contributed by atoms with Gasteiger partial charge in [-0.3, -0.25) is 4.79 Å². The lowest BCUT2D eigenvalue weighted by Gasteiger charge is -2.30. The monoisotopic (exact) mass is 320 g/mol. The van der Waals surface area contributed by atoms with E-state index in [-0.39, 0.29) is 11.9 Å². The number of hydrogen-bond donors (Lipinski definition) is 0. The first-order chi connectivity index (χ1) is 11.3. The molecule has 0 aliphatic carbocycles. The number of likely N-dealkylation sites (tertiary alicyclic amines) is 1. The zero-order valence-electron chi connectivity index (χ0n) is 13.4. The maximum atomic E-state index is 12.8. The molecule has 1 aromatic heterocycles. The molecule has 126 valence electrons. The quantitative estimate of drug-likeness (QED) is 0.816. The van der Waals surface area contributed by atoms with E-state index in [2.05, 4.69) is 14.8 Å². The van der Waals surface area contributed by atoms with Crippen molar-refractivity contribution in [1.82, 2.24) is 19.7 Å². The van der Waals surface area contributed by atoms with Gasteiger partial charge in [0.2, 0.25) is 0 Å². The highest BCUT2D eigenvalue weighted by atomic mass is 16.6. The van der Waals surface area contributed by atoms with Gasteiger partial charge in [-0.2, -0.15) is 0 Å². The van der Waals surface area contributed by atoms with Crippen LogP contribution in [-0.2, 0) is 27.2 Å². The number of nitrogens with zero attached hydrogens (tertiary/aromatic N) is 4. The summed E-state index contributed by atoms with van der Waals surface area (Å²) in [4.78, 5) is 14.7. The molecule has 0 radical (unpaired) electrons. The summed E-state index contributed by atoms with van der Waals surface area (Å²) in [5.41, 5.74) is 0. The number of aryl methyl sites for hydroxylation is 1. The van der Waals surface area contributed by atoms with Crippen LogP contribution in [0.3, 0.4) is 0 Å². The number of ether oxygens (including phenoxy) is 2. The minimum atomic E-state index is -0.462. The molecule has 3 aliphatic heterocycles. The highest BCUT2D eigenvalue weighted by Crippen LogP contribution is 2.33. The third kappa shape index (κ3) is 2.87. The van der Waals surface area contributed by atoms with Gasteiger partial charge in [0.25, 0.3) is 5.91 Å². The van der Waals surface area contributed by atoms with Crippen LogP contribution in [0.15, 0.2) is 0 Å². The van der Waals surface area contributed by atoms with E-state index in [4.69, 9.17) is 9.47 Å². The maximum Gasteiger partial charge on any atom is 0.254 e. The van der Waals surface area contributed by atoms with Crippen molar-refractivity contribution < 1.29 is 14.3 Å². The van der Waals surface area contributed by atoms with Crippen LogP contribution in [-0.4, -0.2) is 58.0 Å². The van der Waals surface area contributed by atoms with Gasteiger partial charge in [0, 0.05) is 19.5 Å². The fourth-order valence-electron chi connectivity index (χ4n) is 3.87. The number of fused-ring (bicyclic) bond motifs is 1. The average Bonchev–Trinajstić information content (AvgIpc) is 3.16. The smallest absolute Gasteiger partial charge is 0.254 e. The van der Waals surface area contributed by atoms with E-state index in [9.17, 15) is 4.79 Å². The van der Waals surface area contributed by atoms with Crippen molar-refractivity contribution in [3.05, 3.63) is 11.6 Å². The molecule has 0 saturated carbocycles. The van der Waals surface area contributed by atoms with Gasteiger partial charge in [0.05, 0.1) is 25.9 Å². The highest BCUT2D eigenvalue weighted by molar-refractivity contribution is 5.81. The summed E-state index contributed by atoms with van der Waals surface area (Å²) in [6.07, 6.45) is 6.08. The number of carbonyl (C=O) groups excluding carboxylic acids is 1. The first-order valence-corrected chi connectivity index (χ1v) is 8.76. The van der Waals surface area contributed by atoms with Crippen molar-refractivity contribution in [2.24, 2.45) is 0 Å². The molecular weight excluding hydrogens is 296 g/mol. The zero-order chi connectivity index (χ0) is 15.6. The Hall–Kier alpha value is -1.47. The highest BCUT2D eigenvalue weighted by Gasteiger charge is 2.38. The summed E-state index contributed by atoms with van der Waals surface area (Å²) < 4.78 is 13.2. The van der Waals surface area contributed by atoms with Gasteiger partial charge >= 0.3 is 0 Å². The largest absolute Gasteiger partial charge is 0.376 e. The Morgan fingerprint density at radius 1 is 1.09 bits per heavy atom. The molecule has 2 atom stereocenters. The lowest BCUT2D eigenvalue weighted by Crippen LogP contribution is -2.45. The van der Waals surface area contributed by atoms with E-state index in [0.717, 1.165) is 50.4 Å². The van der Waals surface area contributed by atoms with Crippen LogP contribution >= 0.6 is 0 Å². The third-order valence-corrected chi connectivity index (χ3v) is 5.06. The standard InChI is InChI=1S/C16H24N4O3/c21-16(13-11-22-9-10-23-13)19-8-4-5-12(19)15-18-17-14-6-2-1-3-7-20(14)15/h12-13H,1-11H2/t12-,13+/m1/s1. The third-order valence-electron chi connectivity index (χ3n) is 5.06. The van der Waals surface area contributed by atoms with Gasteiger partial charge in [0.1, 0.15) is 5.82 Å². The Bertz CT molecular complexity index is 568. The first kappa shape index (κ1) is 15.1. The molecule has 0 unspecified atom stereocenters. The number of hydrogen-bond acceptors (Lipinski definition) is 5. The van der Waals surface area contributed by atoms with Gasteiger partial charge in [-0.25, -0.2) is 0 Å². The van der Waals surface area contributed by atoms with Crippen molar-refractivity contribution in [3.63, 3.8) is 0 Å². The Morgan fingerprint density at radius 3 is 2.91 bits per heavy atom. The van der Waals surface area contributed by atoms with Crippen LogP contribution in [0.1, 0.15) is 49.8 Å². The van der Waals surface area contributed by atoms with E-state index in [1.165, 1.54) is 12.8 Å². The molecule has 1 aromatic rings.